The fraction of sp³-hybridized carbons (Fsp3) is 0.429. The van der Waals surface area contributed by atoms with Crippen LogP contribution in [0.15, 0.2) is 36.5 Å². The molecule has 0 heterocycles. The number of alkyl halides is 1. The Kier molecular flexibility index (Phi) is 9.35. The van der Waals surface area contributed by atoms with Gasteiger partial charge in [0.25, 0.3) is 0 Å². The van der Waals surface area contributed by atoms with Crippen LogP contribution in [-0.2, 0) is 9.59 Å². The lowest BCUT2D eigenvalue weighted by molar-refractivity contribution is -0.123. The van der Waals surface area contributed by atoms with Crippen LogP contribution in [0.3, 0.4) is 0 Å². The third kappa shape index (κ3) is 9.76. The highest BCUT2D eigenvalue weighted by Gasteiger charge is 2.03. The smallest absolute Gasteiger partial charge is 0.163 e. The third-order valence-electron chi connectivity index (χ3n) is 2.22. The first-order chi connectivity index (χ1) is 8.10. The molecule has 0 radical (unpaired) electrons. The van der Waals surface area contributed by atoms with Crippen molar-refractivity contribution >= 4 is 23.2 Å². The minimum absolute atomic E-state index is 0.104. The maximum atomic E-state index is 11.2. The molecule has 3 heteroatoms. The van der Waals surface area contributed by atoms with E-state index in [4.69, 9.17) is 11.6 Å². The van der Waals surface area contributed by atoms with E-state index in [9.17, 15) is 9.59 Å². The molecule has 0 saturated heterocycles. The second-order valence-corrected chi connectivity index (χ2v) is 4.10. The number of ketones is 2. The van der Waals surface area contributed by atoms with Gasteiger partial charge in [-0.05, 0) is 12.0 Å². The van der Waals surface area contributed by atoms with Gasteiger partial charge in [-0.25, -0.2) is 0 Å². The minimum Gasteiger partial charge on any atom is -0.298 e. The van der Waals surface area contributed by atoms with Gasteiger partial charge in [0.1, 0.15) is 0 Å². The molecule has 0 rings (SSSR count). The number of allylic oxidation sites excluding steroid dienone is 6. The van der Waals surface area contributed by atoms with Crippen LogP contribution in [0.1, 0.15) is 26.7 Å². The van der Waals surface area contributed by atoms with Gasteiger partial charge in [-0.2, -0.15) is 0 Å². The summed E-state index contributed by atoms with van der Waals surface area (Å²) in [6.45, 7) is 4.27. The van der Waals surface area contributed by atoms with Crippen molar-refractivity contribution in [2.45, 2.75) is 26.7 Å². The molecule has 0 saturated carbocycles. The number of hydrogen-bond donors (Lipinski definition) is 0. The van der Waals surface area contributed by atoms with Crippen LogP contribution in [0.5, 0.6) is 0 Å². The average Bonchev–Trinajstić information content (AvgIpc) is 2.32. The Morgan fingerprint density at radius 2 is 1.82 bits per heavy atom. The van der Waals surface area contributed by atoms with Crippen molar-refractivity contribution in [3.8, 4) is 0 Å². The normalized spacial score (nSPS) is 13.8. The highest BCUT2D eigenvalue weighted by Crippen LogP contribution is 2.01. The summed E-state index contributed by atoms with van der Waals surface area (Å²) in [6, 6.07) is 0. The Bertz CT molecular complexity index is 327. The average molecular weight is 255 g/mol. The van der Waals surface area contributed by atoms with Gasteiger partial charge in [0.2, 0.25) is 0 Å². The Labute approximate surface area is 108 Å². The maximum Gasteiger partial charge on any atom is 0.163 e. The highest BCUT2D eigenvalue weighted by atomic mass is 35.5. The molecule has 0 aromatic heterocycles. The van der Waals surface area contributed by atoms with Crippen molar-refractivity contribution in [2.75, 3.05) is 5.88 Å². The topological polar surface area (TPSA) is 34.1 Å². The summed E-state index contributed by atoms with van der Waals surface area (Å²) in [5, 5.41) is 0. The lowest BCUT2D eigenvalue weighted by atomic mass is 10.1. The second-order valence-electron chi connectivity index (χ2n) is 3.83. The molecule has 2 nitrogen and oxygen atoms in total. The predicted octanol–water partition coefficient (Wildman–Crippen LogP) is 3.47. The Morgan fingerprint density at radius 1 is 1.18 bits per heavy atom. The lowest BCUT2D eigenvalue weighted by Gasteiger charge is -1.96. The summed E-state index contributed by atoms with van der Waals surface area (Å²) in [6.07, 6.45) is 11.7. The largest absolute Gasteiger partial charge is 0.298 e. The first-order valence-corrected chi connectivity index (χ1v) is 6.25. The molecule has 0 spiro atoms. The second kappa shape index (κ2) is 10.0. The predicted molar refractivity (Wildman–Crippen MR) is 72.2 cm³/mol. The minimum atomic E-state index is -0.248. The number of carbonyl (C=O) groups is 2. The molecule has 0 unspecified atom stereocenters. The van der Waals surface area contributed by atoms with E-state index in [-0.39, 0.29) is 23.9 Å². The molecule has 0 aliphatic rings. The molecule has 0 aromatic carbocycles. The van der Waals surface area contributed by atoms with Crippen LogP contribution in [0.2, 0.25) is 0 Å². The molecule has 0 aromatic rings. The van der Waals surface area contributed by atoms with E-state index in [0.29, 0.717) is 5.92 Å². The molecule has 0 fully saturated rings. The third-order valence-corrected chi connectivity index (χ3v) is 2.52. The SMILES string of the molecule is CC[C@H](C)/C=C/C=C/C=C/C(=O)CC(=O)CCl. The van der Waals surface area contributed by atoms with Gasteiger partial charge in [0, 0.05) is 0 Å². The monoisotopic (exact) mass is 254 g/mol. The molecule has 17 heavy (non-hydrogen) atoms. The molecule has 94 valence electrons. The zero-order valence-electron chi connectivity index (χ0n) is 10.4. The molecule has 0 amide bonds. The van der Waals surface area contributed by atoms with Gasteiger partial charge >= 0.3 is 0 Å². The Morgan fingerprint density at radius 3 is 2.41 bits per heavy atom. The van der Waals surface area contributed by atoms with Crippen LogP contribution in [0, 0.1) is 5.92 Å². The van der Waals surface area contributed by atoms with Crippen molar-refractivity contribution in [2.24, 2.45) is 5.92 Å². The van der Waals surface area contributed by atoms with Crippen LogP contribution < -0.4 is 0 Å². The zero-order chi connectivity index (χ0) is 13.1. The molecule has 1 atom stereocenters. The number of carbonyl (C=O) groups excluding carboxylic acids is 2. The summed E-state index contributed by atoms with van der Waals surface area (Å²) < 4.78 is 0. The van der Waals surface area contributed by atoms with E-state index in [1.54, 1.807) is 12.2 Å². The van der Waals surface area contributed by atoms with Crippen molar-refractivity contribution in [3.05, 3.63) is 36.5 Å². The van der Waals surface area contributed by atoms with Crippen LogP contribution in [0.25, 0.3) is 0 Å². The highest BCUT2D eigenvalue weighted by molar-refractivity contribution is 6.29. The maximum absolute atomic E-state index is 11.2. The standard InChI is InChI=1S/C14H19ClO2/c1-3-12(2)8-6-4-5-7-9-13(16)10-14(17)11-15/h4-9,12H,3,10-11H2,1-2H3/b5-4+,8-6+,9-7+/t12-/m0/s1. The first kappa shape index (κ1) is 15.9. The fourth-order valence-corrected chi connectivity index (χ4v) is 1.08. The number of Topliss-reactive ketones (excluding diaryl/α,β-unsaturated/α-hetero) is 1. The summed E-state index contributed by atoms with van der Waals surface area (Å²) in [5.41, 5.74) is 0. The summed E-state index contributed by atoms with van der Waals surface area (Å²) in [4.78, 5) is 22.0. The summed E-state index contributed by atoms with van der Waals surface area (Å²) in [5.74, 6) is -0.00709. The summed E-state index contributed by atoms with van der Waals surface area (Å²) in [7, 11) is 0. The Balaban J connectivity index is 3.94. The van der Waals surface area contributed by atoms with E-state index >= 15 is 0 Å². The van der Waals surface area contributed by atoms with Crippen molar-refractivity contribution < 1.29 is 9.59 Å². The van der Waals surface area contributed by atoms with Crippen LogP contribution >= 0.6 is 11.6 Å². The van der Waals surface area contributed by atoms with Gasteiger partial charge in [0.05, 0.1) is 12.3 Å². The van der Waals surface area contributed by atoms with Gasteiger partial charge in [-0.3, -0.25) is 9.59 Å². The molecule has 0 aliphatic heterocycles. The van der Waals surface area contributed by atoms with Crippen LogP contribution in [0.4, 0.5) is 0 Å². The molecular formula is C14H19ClO2. The fourth-order valence-electron chi connectivity index (χ4n) is 0.982. The van der Waals surface area contributed by atoms with Crippen LogP contribution in [-0.4, -0.2) is 17.4 Å². The lowest BCUT2D eigenvalue weighted by Crippen LogP contribution is -2.05. The van der Waals surface area contributed by atoms with Gasteiger partial charge in [-0.1, -0.05) is 50.6 Å². The molecule has 0 bridgehead atoms. The van der Waals surface area contributed by atoms with Gasteiger partial charge < -0.3 is 0 Å². The molecule has 0 aliphatic carbocycles. The quantitative estimate of drug-likeness (QED) is 0.288. The first-order valence-electron chi connectivity index (χ1n) is 5.72. The van der Waals surface area contributed by atoms with Gasteiger partial charge in [0.15, 0.2) is 11.6 Å². The molecular weight excluding hydrogens is 236 g/mol. The zero-order valence-corrected chi connectivity index (χ0v) is 11.1. The van der Waals surface area contributed by atoms with Crippen molar-refractivity contribution in [1.29, 1.82) is 0 Å². The van der Waals surface area contributed by atoms with E-state index in [1.807, 2.05) is 12.2 Å². The Hall–Kier alpha value is -1.15. The van der Waals surface area contributed by atoms with E-state index < -0.39 is 0 Å². The van der Waals surface area contributed by atoms with Crippen molar-refractivity contribution in [1.82, 2.24) is 0 Å². The van der Waals surface area contributed by atoms with E-state index in [1.165, 1.54) is 6.08 Å². The summed E-state index contributed by atoms with van der Waals surface area (Å²) >= 11 is 5.29. The number of rotatable bonds is 8. The van der Waals surface area contributed by atoms with E-state index in [0.717, 1.165) is 6.42 Å². The number of hydrogen-bond acceptors (Lipinski definition) is 2. The van der Waals surface area contributed by atoms with Crippen molar-refractivity contribution in [3.63, 3.8) is 0 Å². The van der Waals surface area contributed by atoms with E-state index in [2.05, 4.69) is 19.9 Å². The van der Waals surface area contributed by atoms with Gasteiger partial charge in [-0.15, -0.1) is 11.6 Å². The molecule has 0 N–H and O–H groups in total. The number of halogens is 1.